The Kier molecular flexibility index (Phi) is 5.16. The van der Waals surface area contributed by atoms with Crippen LogP contribution in [0.25, 0.3) is 0 Å². The summed E-state index contributed by atoms with van der Waals surface area (Å²) in [6.45, 7) is 6.21. The van der Waals surface area contributed by atoms with Crippen LogP contribution >= 0.6 is 0 Å². The summed E-state index contributed by atoms with van der Waals surface area (Å²) >= 11 is 0. The number of aldehydes is 1. The molecule has 1 N–H and O–H groups in total. The summed E-state index contributed by atoms with van der Waals surface area (Å²) in [5.41, 5.74) is 0. The van der Waals surface area contributed by atoms with Crippen LogP contribution in [0.1, 0.15) is 13.8 Å². The van der Waals surface area contributed by atoms with Crippen molar-refractivity contribution in [2.45, 2.75) is 20.0 Å². The molecule has 0 bridgehead atoms. The molecule has 0 aliphatic carbocycles. The van der Waals surface area contributed by atoms with Gasteiger partial charge < -0.3 is 14.8 Å². The van der Waals surface area contributed by atoms with Crippen LogP contribution in [0.3, 0.4) is 0 Å². The van der Waals surface area contributed by atoms with Crippen LogP contribution in [0.15, 0.2) is 0 Å². The molecule has 0 spiro atoms. The minimum atomic E-state index is -0.820. The molecule has 0 amide bonds. The highest BCUT2D eigenvalue weighted by atomic mass is 16.3. The van der Waals surface area contributed by atoms with Crippen LogP contribution in [0.5, 0.6) is 0 Å². The molecule has 0 heterocycles. The van der Waals surface area contributed by atoms with Crippen molar-refractivity contribution in [1.29, 1.82) is 0 Å². The monoisotopic (exact) mass is 145 g/mol. The summed E-state index contributed by atoms with van der Waals surface area (Å²) in [4.78, 5) is 12.0. The molecule has 3 nitrogen and oxygen atoms in total. The first kappa shape index (κ1) is 9.59. The van der Waals surface area contributed by atoms with E-state index in [1.807, 2.05) is 18.7 Å². The SMILES string of the molecule is CCN(CC)C[C@H](O)C=O. The van der Waals surface area contributed by atoms with Crippen molar-refractivity contribution in [3.8, 4) is 0 Å². The van der Waals surface area contributed by atoms with Gasteiger partial charge in [-0.2, -0.15) is 0 Å². The molecule has 1 atom stereocenters. The Hall–Kier alpha value is -0.410. The fourth-order valence-corrected chi connectivity index (χ4v) is 0.789. The molecule has 0 saturated carbocycles. The first-order valence-electron chi connectivity index (χ1n) is 3.60. The van der Waals surface area contributed by atoms with E-state index in [9.17, 15) is 4.79 Å². The highest BCUT2D eigenvalue weighted by molar-refractivity contribution is 5.55. The maximum absolute atomic E-state index is 10.00. The third kappa shape index (κ3) is 3.58. The minimum Gasteiger partial charge on any atom is -0.384 e. The smallest absolute Gasteiger partial charge is 0.149 e. The Balaban J connectivity index is 3.51. The van der Waals surface area contributed by atoms with E-state index >= 15 is 0 Å². The topological polar surface area (TPSA) is 40.5 Å². The second-order valence-corrected chi connectivity index (χ2v) is 2.19. The van der Waals surface area contributed by atoms with Gasteiger partial charge in [-0.25, -0.2) is 0 Å². The molecule has 0 saturated heterocycles. The fourth-order valence-electron chi connectivity index (χ4n) is 0.789. The number of rotatable bonds is 5. The predicted molar refractivity (Wildman–Crippen MR) is 39.9 cm³/mol. The quantitative estimate of drug-likeness (QED) is 0.549. The zero-order chi connectivity index (χ0) is 7.98. The van der Waals surface area contributed by atoms with Gasteiger partial charge >= 0.3 is 0 Å². The van der Waals surface area contributed by atoms with Gasteiger partial charge in [0.2, 0.25) is 0 Å². The van der Waals surface area contributed by atoms with Crippen LogP contribution in [-0.4, -0.2) is 42.0 Å². The van der Waals surface area contributed by atoms with Crippen molar-refractivity contribution in [2.75, 3.05) is 19.6 Å². The third-order valence-electron chi connectivity index (χ3n) is 1.50. The predicted octanol–water partition coefficient (Wildman–Crippen LogP) is -0.112. The van der Waals surface area contributed by atoms with Crippen LogP contribution in [-0.2, 0) is 4.79 Å². The summed E-state index contributed by atoms with van der Waals surface area (Å²) in [6, 6.07) is 0. The molecule has 0 unspecified atom stereocenters. The van der Waals surface area contributed by atoms with Crippen LogP contribution in [0.4, 0.5) is 0 Å². The van der Waals surface area contributed by atoms with Crippen molar-refractivity contribution < 1.29 is 9.90 Å². The van der Waals surface area contributed by atoms with E-state index < -0.39 is 6.10 Å². The Labute approximate surface area is 61.6 Å². The summed E-state index contributed by atoms with van der Waals surface area (Å²) in [5, 5.41) is 8.88. The highest BCUT2D eigenvalue weighted by Crippen LogP contribution is 1.88. The van der Waals surface area contributed by atoms with Crippen molar-refractivity contribution in [2.24, 2.45) is 0 Å². The Morgan fingerprint density at radius 3 is 2.30 bits per heavy atom. The van der Waals surface area contributed by atoms with Crippen molar-refractivity contribution in [3.63, 3.8) is 0 Å². The summed E-state index contributed by atoms with van der Waals surface area (Å²) in [6.07, 6.45) is -0.252. The second-order valence-electron chi connectivity index (χ2n) is 2.19. The van der Waals surface area contributed by atoms with Crippen molar-refractivity contribution in [1.82, 2.24) is 4.90 Å². The van der Waals surface area contributed by atoms with Gasteiger partial charge in [-0.1, -0.05) is 13.8 Å². The molecule has 0 aromatic rings. The molecular formula is C7H15NO2. The fraction of sp³-hybridized carbons (Fsp3) is 0.857. The highest BCUT2D eigenvalue weighted by Gasteiger charge is 2.05. The van der Waals surface area contributed by atoms with Crippen molar-refractivity contribution in [3.05, 3.63) is 0 Å². The number of aliphatic hydroxyl groups excluding tert-OH is 1. The number of carbonyl (C=O) groups is 1. The van der Waals surface area contributed by atoms with Gasteiger partial charge in [-0.3, -0.25) is 0 Å². The minimum absolute atomic E-state index is 0.455. The van der Waals surface area contributed by atoms with E-state index in [0.717, 1.165) is 13.1 Å². The number of nitrogens with zero attached hydrogens (tertiary/aromatic N) is 1. The van der Waals surface area contributed by atoms with E-state index in [4.69, 9.17) is 5.11 Å². The van der Waals surface area contributed by atoms with Gasteiger partial charge in [0.05, 0.1) is 0 Å². The molecule has 10 heavy (non-hydrogen) atoms. The Morgan fingerprint density at radius 1 is 1.50 bits per heavy atom. The maximum atomic E-state index is 10.00. The lowest BCUT2D eigenvalue weighted by atomic mass is 10.3. The molecule has 0 aliphatic rings. The number of aliphatic hydroxyl groups is 1. The van der Waals surface area contributed by atoms with Gasteiger partial charge in [-0.15, -0.1) is 0 Å². The van der Waals surface area contributed by atoms with Crippen LogP contribution in [0.2, 0.25) is 0 Å². The van der Waals surface area contributed by atoms with Crippen molar-refractivity contribution >= 4 is 6.29 Å². The third-order valence-corrected chi connectivity index (χ3v) is 1.50. The lowest BCUT2D eigenvalue weighted by Crippen LogP contribution is -2.32. The zero-order valence-corrected chi connectivity index (χ0v) is 6.58. The Morgan fingerprint density at radius 2 is 2.00 bits per heavy atom. The van der Waals surface area contributed by atoms with Gasteiger partial charge in [0.15, 0.2) is 0 Å². The molecule has 0 rings (SSSR count). The molecule has 0 aromatic heterocycles. The summed E-state index contributed by atoms with van der Waals surface area (Å²) in [5.74, 6) is 0. The first-order valence-corrected chi connectivity index (χ1v) is 3.60. The second kappa shape index (κ2) is 5.38. The largest absolute Gasteiger partial charge is 0.384 e. The van der Waals surface area contributed by atoms with E-state index in [1.54, 1.807) is 0 Å². The van der Waals surface area contributed by atoms with E-state index in [-0.39, 0.29) is 0 Å². The van der Waals surface area contributed by atoms with Gasteiger partial charge in [0, 0.05) is 6.54 Å². The normalized spacial score (nSPS) is 13.6. The molecule has 0 aromatic carbocycles. The zero-order valence-electron chi connectivity index (χ0n) is 6.58. The molecule has 60 valence electrons. The standard InChI is InChI=1S/C7H15NO2/c1-3-8(4-2)5-7(10)6-9/h6-7,10H,3-5H2,1-2H3/t7-/m0/s1. The lowest BCUT2D eigenvalue weighted by Gasteiger charge is -2.18. The molecule has 3 heteroatoms. The number of hydrogen-bond acceptors (Lipinski definition) is 3. The first-order chi connectivity index (χ1) is 4.74. The average molecular weight is 145 g/mol. The van der Waals surface area contributed by atoms with E-state index in [2.05, 4.69) is 0 Å². The average Bonchev–Trinajstić information content (AvgIpc) is 1.99. The molecular weight excluding hydrogens is 130 g/mol. The van der Waals surface area contributed by atoms with Gasteiger partial charge in [-0.05, 0) is 13.1 Å². The lowest BCUT2D eigenvalue weighted by molar-refractivity contribution is -0.115. The van der Waals surface area contributed by atoms with E-state index in [0.29, 0.717) is 12.8 Å². The summed E-state index contributed by atoms with van der Waals surface area (Å²) in [7, 11) is 0. The maximum Gasteiger partial charge on any atom is 0.149 e. The molecule has 0 aliphatic heterocycles. The number of hydrogen-bond donors (Lipinski definition) is 1. The number of likely N-dealkylation sites (N-methyl/N-ethyl adjacent to an activating group) is 1. The van der Waals surface area contributed by atoms with Gasteiger partial charge in [0.25, 0.3) is 0 Å². The summed E-state index contributed by atoms with van der Waals surface area (Å²) < 4.78 is 0. The van der Waals surface area contributed by atoms with Crippen LogP contribution in [0, 0.1) is 0 Å². The number of carbonyl (C=O) groups excluding carboxylic acids is 1. The Bertz CT molecular complexity index is 91.6. The molecule has 0 fully saturated rings. The molecule has 0 radical (unpaired) electrons. The van der Waals surface area contributed by atoms with Crippen LogP contribution < -0.4 is 0 Å². The van der Waals surface area contributed by atoms with Gasteiger partial charge in [0.1, 0.15) is 12.4 Å². The van der Waals surface area contributed by atoms with E-state index in [1.165, 1.54) is 0 Å².